The number of primary amides is 1. The molecule has 2 fully saturated rings. The van der Waals surface area contributed by atoms with Crippen LogP contribution in [0.15, 0.2) is 24.3 Å². The van der Waals surface area contributed by atoms with Gasteiger partial charge in [0.15, 0.2) is 0 Å². The average Bonchev–Trinajstić information content (AvgIpc) is 3.18. The molecule has 0 spiro atoms. The van der Waals surface area contributed by atoms with E-state index in [0.717, 1.165) is 77.0 Å². The summed E-state index contributed by atoms with van der Waals surface area (Å²) in [6, 6.07) is -0.00114. The van der Waals surface area contributed by atoms with Gasteiger partial charge < -0.3 is 44.8 Å². The number of carbonyl (C=O) groups excluding carboxylic acids is 6. The summed E-state index contributed by atoms with van der Waals surface area (Å²) >= 11 is 0. The first-order chi connectivity index (χ1) is 27.5. The average molecular weight is 820 g/mol. The third kappa shape index (κ3) is 15.8. The molecule has 0 aromatic rings. The third-order valence-corrected chi connectivity index (χ3v) is 11.8. The van der Waals surface area contributed by atoms with E-state index < -0.39 is 66.3 Å². The third-order valence-electron chi connectivity index (χ3n) is 11.8. The van der Waals surface area contributed by atoms with Gasteiger partial charge in [-0.3, -0.25) is 9.59 Å². The maximum absolute atomic E-state index is 13.0. The number of alkyl carbamates (subject to hydrolysis) is 2. The fourth-order valence-corrected chi connectivity index (χ4v) is 8.65. The number of allylic oxidation sites excluding steroid dienone is 2. The molecule has 4 N–H and O–H groups in total. The summed E-state index contributed by atoms with van der Waals surface area (Å²) in [7, 11) is 0. The van der Waals surface area contributed by atoms with Crippen molar-refractivity contribution < 1.29 is 57.2 Å². The van der Waals surface area contributed by atoms with E-state index in [1.54, 1.807) is 26.8 Å². The van der Waals surface area contributed by atoms with Crippen molar-refractivity contribution in [1.29, 1.82) is 0 Å². The molecule has 58 heavy (non-hydrogen) atoms. The van der Waals surface area contributed by atoms with E-state index >= 15 is 0 Å². The number of hydrogen-bond donors (Lipinski definition) is 3. The van der Waals surface area contributed by atoms with Crippen LogP contribution in [0, 0.1) is 29.1 Å². The largest absolute Gasteiger partial charge is 0.462 e. The number of esters is 3. The van der Waals surface area contributed by atoms with Crippen molar-refractivity contribution in [2.24, 2.45) is 34.8 Å². The molecule has 15 heteroatoms. The highest BCUT2D eigenvalue weighted by Crippen LogP contribution is 2.48. The highest BCUT2D eigenvalue weighted by Gasteiger charge is 2.44. The van der Waals surface area contributed by atoms with Gasteiger partial charge in [0.05, 0.1) is 11.8 Å². The van der Waals surface area contributed by atoms with Gasteiger partial charge in [-0.05, 0) is 122 Å². The predicted molar refractivity (Wildman–Crippen MR) is 215 cm³/mol. The number of carbonyl (C=O) groups is 6. The minimum Gasteiger partial charge on any atom is -0.462 e. The minimum absolute atomic E-state index is 0.00596. The van der Waals surface area contributed by atoms with Crippen LogP contribution >= 0.6 is 0 Å². The van der Waals surface area contributed by atoms with E-state index in [1.807, 2.05) is 6.08 Å². The Balaban J connectivity index is 1.41. The molecule has 3 amide bonds. The molecular formula is C43H69N3O12. The Morgan fingerprint density at radius 2 is 1.26 bits per heavy atom. The van der Waals surface area contributed by atoms with E-state index in [9.17, 15) is 28.8 Å². The Labute approximate surface area is 344 Å². The topological polar surface area (TPSA) is 208 Å². The zero-order chi connectivity index (χ0) is 42.8. The highest BCUT2D eigenvalue weighted by molar-refractivity contribution is 5.87. The highest BCUT2D eigenvalue weighted by atomic mass is 16.6. The Morgan fingerprint density at radius 1 is 0.741 bits per heavy atom. The Bertz CT molecular complexity index is 1430. The van der Waals surface area contributed by atoms with Gasteiger partial charge in [-0.15, -0.1) is 0 Å². The van der Waals surface area contributed by atoms with Crippen molar-refractivity contribution in [3.05, 3.63) is 24.3 Å². The number of hydrogen-bond acceptors (Lipinski definition) is 12. The zero-order valence-corrected chi connectivity index (χ0v) is 35.6. The van der Waals surface area contributed by atoms with E-state index in [4.69, 9.17) is 34.2 Å². The van der Waals surface area contributed by atoms with Crippen LogP contribution in [0.4, 0.5) is 14.4 Å². The predicted octanol–water partition coefficient (Wildman–Crippen LogP) is 7.19. The Hall–Kier alpha value is -4.30. The van der Waals surface area contributed by atoms with Crippen LogP contribution in [0.3, 0.4) is 0 Å². The van der Waals surface area contributed by atoms with Crippen LogP contribution in [-0.2, 0) is 42.8 Å². The molecule has 2 saturated carbocycles. The SMILES string of the molecule is C=C(C)C(=O)OCC(C)OC(=O)NC1CCC(CC2CCC(NC(=O)OC(C)COC(=O)C3CC=CCC3C(=O)OCC(C)OC(N)=O)CC2)CC1(CC)CCCC. The molecule has 3 aliphatic carbocycles. The summed E-state index contributed by atoms with van der Waals surface area (Å²) in [5.74, 6) is -2.10. The fourth-order valence-electron chi connectivity index (χ4n) is 8.65. The molecule has 0 aromatic heterocycles. The van der Waals surface area contributed by atoms with Crippen molar-refractivity contribution in [2.45, 2.75) is 162 Å². The van der Waals surface area contributed by atoms with Crippen molar-refractivity contribution in [2.75, 3.05) is 19.8 Å². The molecule has 0 heterocycles. The van der Waals surface area contributed by atoms with Gasteiger partial charge in [0.2, 0.25) is 0 Å². The number of rotatable bonds is 20. The molecule has 3 rings (SSSR count). The molecule has 3 aliphatic rings. The quantitative estimate of drug-likeness (QED) is 0.0483. The summed E-state index contributed by atoms with van der Waals surface area (Å²) in [5.41, 5.74) is 5.27. The van der Waals surface area contributed by atoms with Crippen LogP contribution in [-0.4, -0.2) is 86.4 Å². The van der Waals surface area contributed by atoms with Crippen molar-refractivity contribution in [3.8, 4) is 0 Å². The molecule has 15 nitrogen and oxygen atoms in total. The molecule has 0 aliphatic heterocycles. The molecule has 8 atom stereocenters. The van der Waals surface area contributed by atoms with Gasteiger partial charge in [-0.2, -0.15) is 0 Å². The van der Waals surface area contributed by atoms with Crippen molar-refractivity contribution in [3.63, 3.8) is 0 Å². The van der Waals surface area contributed by atoms with E-state index in [0.29, 0.717) is 30.3 Å². The number of nitrogens with one attached hydrogen (secondary N) is 2. The lowest BCUT2D eigenvalue weighted by atomic mass is 9.61. The van der Waals surface area contributed by atoms with Gasteiger partial charge in [-0.1, -0.05) is 45.4 Å². The number of amides is 3. The lowest BCUT2D eigenvalue weighted by Gasteiger charge is -2.48. The molecule has 328 valence electrons. The second-order valence-electron chi connectivity index (χ2n) is 16.7. The first kappa shape index (κ1) is 48.1. The normalized spacial score (nSPS) is 27.1. The lowest BCUT2D eigenvalue weighted by molar-refractivity contribution is -0.163. The molecule has 8 unspecified atom stereocenters. The van der Waals surface area contributed by atoms with Crippen LogP contribution < -0.4 is 16.4 Å². The second kappa shape index (κ2) is 23.9. The zero-order valence-electron chi connectivity index (χ0n) is 35.6. The maximum atomic E-state index is 13.0. The van der Waals surface area contributed by atoms with Crippen LogP contribution in [0.5, 0.6) is 0 Å². The summed E-state index contributed by atoms with van der Waals surface area (Å²) in [6.07, 6.45) is 12.1. The molecule has 0 saturated heterocycles. The summed E-state index contributed by atoms with van der Waals surface area (Å²) < 4.78 is 31.7. The maximum Gasteiger partial charge on any atom is 0.407 e. The first-order valence-corrected chi connectivity index (χ1v) is 21.3. The number of ether oxygens (including phenoxy) is 6. The van der Waals surface area contributed by atoms with E-state index in [2.05, 4.69) is 31.1 Å². The van der Waals surface area contributed by atoms with Crippen molar-refractivity contribution >= 4 is 36.2 Å². The minimum atomic E-state index is -0.975. The second-order valence-corrected chi connectivity index (χ2v) is 16.7. The van der Waals surface area contributed by atoms with E-state index in [-0.39, 0.29) is 37.3 Å². The van der Waals surface area contributed by atoms with Gasteiger partial charge in [0, 0.05) is 17.7 Å². The number of unbranched alkanes of at least 4 members (excludes halogenated alkanes) is 1. The smallest absolute Gasteiger partial charge is 0.407 e. The molecule has 0 bridgehead atoms. The van der Waals surface area contributed by atoms with Crippen LogP contribution in [0.1, 0.15) is 131 Å². The van der Waals surface area contributed by atoms with Gasteiger partial charge in [-0.25, -0.2) is 19.2 Å². The Kier molecular flexibility index (Phi) is 19.8. The first-order valence-electron chi connectivity index (χ1n) is 21.3. The van der Waals surface area contributed by atoms with E-state index in [1.165, 1.54) is 6.92 Å². The monoisotopic (exact) mass is 819 g/mol. The fraction of sp³-hybridized carbons (Fsp3) is 0.767. The van der Waals surface area contributed by atoms with Gasteiger partial charge in [0.25, 0.3) is 0 Å². The van der Waals surface area contributed by atoms with Crippen molar-refractivity contribution in [1.82, 2.24) is 10.6 Å². The lowest BCUT2D eigenvalue weighted by Crippen LogP contribution is -2.52. The van der Waals surface area contributed by atoms with Gasteiger partial charge in [0.1, 0.15) is 38.1 Å². The standard InChI is InChI=1S/C43H69N3O12/c1-8-10-21-43(9-2)23-32(17-20-36(43)46-42(52)58-29(6)25-53-37(47)27(3)4)22-31-15-18-33(19-16-31)45-41(51)57-30(7)26-55-39(49)35-14-12-11-13-34(35)38(48)54-24-28(5)56-40(44)50/h11-12,28-36H,3,8-10,13-26H2,1-2,4-7H3,(H2,44,50)(H,45,51)(H,46,52). The number of nitrogens with two attached hydrogens (primary N) is 1. The Morgan fingerprint density at radius 3 is 1.78 bits per heavy atom. The van der Waals surface area contributed by atoms with Crippen LogP contribution in [0.2, 0.25) is 0 Å². The summed E-state index contributed by atoms with van der Waals surface area (Å²) in [4.78, 5) is 74.2. The molecule has 0 radical (unpaired) electrons. The summed E-state index contributed by atoms with van der Waals surface area (Å²) in [6.45, 7) is 14.1. The summed E-state index contributed by atoms with van der Waals surface area (Å²) in [5, 5.41) is 6.18. The van der Waals surface area contributed by atoms with Crippen LogP contribution in [0.25, 0.3) is 0 Å². The van der Waals surface area contributed by atoms with Gasteiger partial charge >= 0.3 is 36.2 Å². The molecule has 0 aromatic carbocycles. The molecular weight excluding hydrogens is 750 g/mol.